The van der Waals surface area contributed by atoms with Gasteiger partial charge >= 0.3 is 0 Å². The van der Waals surface area contributed by atoms with E-state index in [-0.39, 0.29) is 36.2 Å². The van der Waals surface area contributed by atoms with Gasteiger partial charge in [0.15, 0.2) is 0 Å². The monoisotopic (exact) mass is 294 g/mol. The SMILES string of the molecule is O=C(C1CCCN(C(=O)C2CC2)C1)N1CCCC(CO)C1. The van der Waals surface area contributed by atoms with Gasteiger partial charge < -0.3 is 14.9 Å². The number of amides is 2. The maximum absolute atomic E-state index is 12.7. The minimum absolute atomic E-state index is 0.0288. The predicted molar refractivity (Wildman–Crippen MR) is 78.4 cm³/mol. The van der Waals surface area contributed by atoms with Gasteiger partial charge in [-0.25, -0.2) is 0 Å². The summed E-state index contributed by atoms with van der Waals surface area (Å²) < 4.78 is 0. The molecule has 3 rings (SSSR count). The molecule has 21 heavy (non-hydrogen) atoms. The number of carbonyl (C=O) groups is 2. The van der Waals surface area contributed by atoms with Gasteiger partial charge in [-0.15, -0.1) is 0 Å². The number of carbonyl (C=O) groups excluding carboxylic acids is 2. The van der Waals surface area contributed by atoms with E-state index in [4.69, 9.17) is 0 Å². The molecule has 3 fully saturated rings. The molecule has 2 atom stereocenters. The van der Waals surface area contributed by atoms with Crippen LogP contribution < -0.4 is 0 Å². The van der Waals surface area contributed by atoms with Gasteiger partial charge in [-0.2, -0.15) is 0 Å². The number of rotatable bonds is 3. The lowest BCUT2D eigenvalue weighted by molar-refractivity contribution is -0.142. The van der Waals surface area contributed by atoms with Crippen molar-refractivity contribution in [2.24, 2.45) is 17.8 Å². The first kappa shape index (κ1) is 14.8. The third-order valence-corrected chi connectivity index (χ3v) is 5.10. The van der Waals surface area contributed by atoms with Crippen LogP contribution in [0.3, 0.4) is 0 Å². The molecule has 5 heteroatoms. The predicted octanol–water partition coefficient (Wildman–Crippen LogP) is 0.866. The normalized spacial score (nSPS) is 30.3. The summed E-state index contributed by atoms with van der Waals surface area (Å²) >= 11 is 0. The fraction of sp³-hybridized carbons (Fsp3) is 0.875. The zero-order valence-corrected chi connectivity index (χ0v) is 12.7. The Kier molecular flexibility index (Phi) is 4.48. The van der Waals surface area contributed by atoms with Crippen molar-refractivity contribution >= 4 is 11.8 Å². The number of aliphatic hydroxyl groups excluding tert-OH is 1. The van der Waals surface area contributed by atoms with Crippen molar-refractivity contribution in [1.29, 1.82) is 0 Å². The first-order valence-electron chi connectivity index (χ1n) is 8.37. The Hall–Kier alpha value is -1.10. The zero-order valence-electron chi connectivity index (χ0n) is 12.7. The summed E-state index contributed by atoms with van der Waals surface area (Å²) in [6, 6.07) is 0. The number of hydrogen-bond acceptors (Lipinski definition) is 3. The van der Waals surface area contributed by atoms with E-state index in [0.717, 1.165) is 51.6 Å². The van der Waals surface area contributed by atoms with Crippen LogP contribution >= 0.6 is 0 Å². The van der Waals surface area contributed by atoms with E-state index in [1.807, 2.05) is 9.80 Å². The summed E-state index contributed by atoms with van der Waals surface area (Å²) in [5.74, 6) is 0.905. The maximum Gasteiger partial charge on any atom is 0.227 e. The topological polar surface area (TPSA) is 60.9 Å². The van der Waals surface area contributed by atoms with Gasteiger partial charge in [-0.05, 0) is 44.4 Å². The first-order chi connectivity index (χ1) is 10.2. The number of hydrogen-bond donors (Lipinski definition) is 1. The highest BCUT2D eigenvalue weighted by Gasteiger charge is 2.38. The molecule has 3 aliphatic rings. The van der Waals surface area contributed by atoms with Crippen LogP contribution in [0.2, 0.25) is 0 Å². The molecule has 0 bridgehead atoms. The van der Waals surface area contributed by atoms with E-state index in [0.29, 0.717) is 13.1 Å². The van der Waals surface area contributed by atoms with E-state index in [2.05, 4.69) is 0 Å². The van der Waals surface area contributed by atoms with Crippen molar-refractivity contribution in [3.63, 3.8) is 0 Å². The van der Waals surface area contributed by atoms with E-state index in [9.17, 15) is 14.7 Å². The van der Waals surface area contributed by atoms with Crippen molar-refractivity contribution in [3.8, 4) is 0 Å². The van der Waals surface area contributed by atoms with Crippen molar-refractivity contribution in [2.75, 3.05) is 32.8 Å². The molecule has 2 heterocycles. The minimum atomic E-state index is -0.0288. The van der Waals surface area contributed by atoms with E-state index >= 15 is 0 Å². The van der Waals surface area contributed by atoms with Crippen LogP contribution in [0.15, 0.2) is 0 Å². The smallest absolute Gasteiger partial charge is 0.227 e. The highest BCUT2D eigenvalue weighted by atomic mass is 16.3. The Morgan fingerprint density at radius 1 is 0.857 bits per heavy atom. The fourth-order valence-corrected chi connectivity index (χ4v) is 3.64. The summed E-state index contributed by atoms with van der Waals surface area (Å²) in [5, 5.41) is 9.29. The van der Waals surface area contributed by atoms with Crippen LogP contribution in [0, 0.1) is 17.8 Å². The van der Waals surface area contributed by atoms with Crippen LogP contribution in [0.25, 0.3) is 0 Å². The van der Waals surface area contributed by atoms with Crippen LogP contribution in [-0.4, -0.2) is 59.5 Å². The second kappa shape index (κ2) is 6.34. The summed E-state index contributed by atoms with van der Waals surface area (Å²) in [6.45, 7) is 3.08. The molecule has 1 aliphatic carbocycles. The fourth-order valence-electron chi connectivity index (χ4n) is 3.64. The van der Waals surface area contributed by atoms with E-state index < -0.39 is 0 Å². The summed E-state index contributed by atoms with van der Waals surface area (Å²) in [6.07, 6.45) is 5.88. The summed E-state index contributed by atoms with van der Waals surface area (Å²) in [4.78, 5) is 28.7. The molecular weight excluding hydrogens is 268 g/mol. The van der Waals surface area contributed by atoms with Crippen LogP contribution in [0.1, 0.15) is 38.5 Å². The second-order valence-corrected chi connectivity index (χ2v) is 6.87. The van der Waals surface area contributed by atoms with E-state index in [1.165, 1.54) is 0 Å². The van der Waals surface area contributed by atoms with Crippen LogP contribution in [0.5, 0.6) is 0 Å². The molecule has 0 aromatic heterocycles. The molecule has 2 amide bonds. The third kappa shape index (κ3) is 3.39. The number of aliphatic hydroxyl groups is 1. The van der Waals surface area contributed by atoms with Gasteiger partial charge in [0.1, 0.15) is 0 Å². The maximum atomic E-state index is 12.7. The Bertz CT molecular complexity index is 408. The van der Waals surface area contributed by atoms with Crippen molar-refractivity contribution in [3.05, 3.63) is 0 Å². The third-order valence-electron chi connectivity index (χ3n) is 5.10. The average molecular weight is 294 g/mol. The second-order valence-electron chi connectivity index (χ2n) is 6.87. The van der Waals surface area contributed by atoms with Gasteiger partial charge in [0, 0.05) is 38.7 Å². The van der Waals surface area contributed by atoms with Gasteiger partial charge in [-0.3, -0.25) is 9.59 Å². The first-order valence-corrected chi connectivity index (χ1v) is 8.37. The Balaban J connectivity index is 1.57. The van der Waals surface area contributed by atoms with Crippen molar-refractivity contribution in [2.45, 2.75) is 38.5 Å². The number of piperidine rings is 2. The van der Waals surface area contributed by atoms with Crippen molar-refractivity contribution < 1.29 is 14.7 Å². The Morgan fingerprint density at radius 2 is 1.48 bits per heavy atom. The molecule has 0 radical (unpaired) electrons. The molecule has 0 aromatic carbocycles. The van der Waals surface area contributed by atoms with Gasteiger partial charge in [0.25, 0.3) is 0 Å². The highest BCUT2D eigenvalue weighted by Crippen LogP contribution is 2.33. The molecule has 0 spiro atoms. The van der Waals surface area contributed by atoms with Gasteiger partial charge in [0.2, 0.25) is 11.8 Å². The van der Waals surface area contributed by atoms with E-state index in [1.54, 1.807) is 0 Å². The molecule has 1 N–H and O–H groups in total. The standard InChI is InChI=1S/C16H26N2O3/c19-11-12-3-1-7-17(9-12)16(21)14-4-2-8-18(10-14)15(20)13-5-6-13/h12-14,19H,1-11H2. The zero-order chi connectivity index (χ0) is 14.8. The molecule has 0 aromatic rings. The number of nitrogens with zero attached hydrogens (tertiary/aromatic N) is 2. The molecule has 2 aliphatic heterocycles. The average Bonchev–Trinajstić information content (AvgIpc) is 3.38. The van der Waals surface area contributed by atoms with Gasteiger partial charge in [-0.1, -0.05) is 0 Å². The van der Waals surface area contributed by atoms with Crippen molar-refractivity contribution in [1.82, 2.24) is 9.80 Å². The van der Waals surface area contributed by atoms with Gasteiger partial charge in [0.05, 0.1) is 5.92 Å². The lowest BCUT2D eigenvalue weighted by atomic mass is 9.93. The molecular formula is C16H26N2O3. The van der Waals surface area contributed by atoms with Crippen LogP contribution in [0.4, 0.5) is 0 Å². The molecule has 2 unspecified atom stereocenters. The molecule has 118 valence electrons. The lowest BCUT2D eigenvalue weighted by Crippen LogP contribution is -2.49. The Labute approximate surface area is 126 Å². The lowest BCUT2D eigenvalue weighted by Gasteiger charge is -2.38. The summed E-state index contributed by atoms with van der Waals surface area (Å²) in [7, 11) is 0. The number of likely N-dealkylation sites (tertiary alicyclic amines) is 2. The summed E-state index contributed by atoms with van der Waals surface area (Å²) in [5.41, 5.74) is 0. The largest absolute Gasteiger partial charge is 0.396 e. The highest BCUT2D eigenvalue weighted by molar-refractivity contribution is 5.83. The minimum Gasteiger partial charge on any atom is -0.396 e. The quantitative estimate of drug-likeness (QED) is 0.840. The molecule has 2 saturated heterocycles. The molecule has 5 nitrogen and oxygen atoms in total. The Morgan fingerprint density at radius 3 is 2.14 bits per heavy atom. The molecule has 1 saturated carbocycles. The van der Waals surface area contributed by atoms with Crippen LogP contribution in [-0.2, 0) is 9.59 Å².